The fourth-order valence-electron chi connectivity index (χ4n) is 3.76. The summed E-state index contributed by atoms with van der Waals surface area (Å²) in [6.07, 6.45) is 3.48. The third-order valence-electron chi connectivity index (χ3n) is 5.53. The van der Waals surface area contributed by atoms with E-state index >= 15 is 0 Å². The summed E-state index contributed by atoms with van der Waals surface area (Å²) >= 11 is 0. The molecule has 0 fully saturated rings. The quantitative estimate of drug-likeness (QED) is 0.360. The normalized spacial score (nSPS) is 12.3. The van der Waals surface area contributed by atoms with Crippen LogP contribution in [0.5, 0.6) is 5.75 Å². The second kappa shape index (κ2) is 11.0. The summed E-state index contributed by atoms with van der Waals surface area (Å²) in [6, 6.07) is 23.6. The van der Waals surface area contributed by atoms with Gasteiger partial charge >= 0.3 is 6.03 Å². The van der Waals surface area contributed by atoms with Gasteiger partial charge in [0.25, 0.3) is 5.91 Å². The van der Waals surface area contributed by atoms with Crippen LogP contribution in [0.1, 0.15) is 29.0 Å². The zero-order valence-electron chi connectivity index (χ0n) is 19.5. The van der Waals surface area contributed by atoms with Crippen molar-refractivity contribution in [3.63, 3.8) is 0 Å². The highest BCUT2D eigenvalue weighted by Crippen LogP contribution is 2.24. The largest absolute Gasteiger partial charge is 0.497 e. The van der Waals surface area contributed by atoms with Gasteiger partial charge in [-0.3, -0.25) is 4.79 Å². The first kappa shape index (κ1) is 23.6. The Balaban J connectivity index is 1.59. The molecule has 0 saturated carbocycles. The third-order valence-corrected chi connectivity index (χ3v) is 5.53. The number of hydrogen-bond donors (Lipinski definition) is 3. The van der Waals surface area contributed by atoms with Crippen molar-refractivity contribution in [3.8, 4) is 5.75 Å². The van der Waals surface area contributed by atoms with Gasteiger partial charge in [-0.05, 0) is 35.4 Å². The minimum Gasteiger partial charge on any atom is -0.497 e. The van der Waals surface area contributed by atoms with Crippen molar-refractivity contribution in [1.82, 2.24) is 20.2 Å². The first-order valence-corrected chi connectivity index (χ1v) is 11.1. The van der Waals surface area contributed by atoms with E-state index < -0.39 is 18.1 Å². The Labute approximate surface area is 204 Å². The van der Waals surface area contributed by atoms with Gasteiger partial charge in [0, 0.05) is 25.1 Å². The van der Waals surface area contributed by atoms with Gasteiger partial charge in [0.2, 0.25) is 0 Å². The van der Waals surface area contributed by atoms with Crippen molar-refractivity contribution in [1.29, 1.82) is 0 Å². The number of rotatable bonds is 8. The molecule has 2 atom stereocenters. The van der Waals surface area contributed by atoms with E-state index in [4.69, 9.17) is 4.74 Å². The van der Waals surface area contributed by atoms with Crippen LogP contribution in [0.3, 0.4) is 0 Å². The Morgan fingerprint density at radius 2 is 1.57 bits per heavy atom. The van der Waals surface area contributed by atoms with E-state index in [9.17, 15) is 9.59 Å². The maximum absolute atomic E-state index is 13.3. The monoisotopic (exact) mass is 469 g/mol. The number of nitrogens with one attached hydrogen (secondary N) is 3. The van der Waals surface area contributed by atoms with Gasteiger partial charge in [0.15, 0.2) is 0 Å². The van der Waals surface area contributed by atoms with Crippen LogP contribution < -0.4 is 20.7 Å². The van der Waals surface area contributed by atoms with E-state index in [2.05, 4.69) is 20.9 Å². The lowest BCUT2D eigenvalue weighted by molar-refractivity contribution is -0.118. The van der Waals surface area contributed by atoms with E-state index in [0.29, 0.717) is 22.8 Å². The molecule has 0 aliphatic carbocycles. The van der Waals surface area contributed by atoms with Crippen molar-refractivity contribution in [2.24, 2.45) is 7.05 Å². The van der Waals surface area contributed by atoms with E-state index in [1.165, 1.54) is 0 Å². The van der Waals surface area contributed by atoms with Gasteiger partial charge in [0.1, 0.15) is 23.7 Å². The molecule has 3 aromatic carbocycles. The van der Waals surface area contributed by atoms with Crippen molar-refractivity contribution in [2.75, 3.05) is 12.4 Å². The van der Waals surface area contributed by atoms with Gasteiger partial charge in [-0.2, -0.15) is 0 Å². The molecule has 0 bridgehead atoms. The Bertz CT molecular complexity index is 1270. The molecule has 2 unspecified atom stereocenters. The van der Waals surface area contributed by atoms with Gasteiger partial charge in [-0.1, -0.05) is 60.7 Å². The second-order valence-electron chi connectivity index (χ2n) is 7.92. The topological polar surface area (TPSA) is 97.3 Å². The number of imidazole rings is 1. The fourth-order valence-corrected chi connectivity index (χ4v) is 3.76. The van der Waals surface area contributed by atoms with Gasteiger partial charge in [-0.25, -0.2) is 9.78 Å². The molecule has 1 aromatic heterocycles. The molecule has 178 valence electrons. The standard InChI is InChI=1S/C27H27N5O3/c1-32-17-16-28-25(32)23(20-12-9-15-22(18-20)35-2)30-27(34)31-24(19-10-5-3-6-11-19)26(33)29-21-13-7-4-8-14-21/h3-18,23-24H,1-2H3,(H,29,33)(H2,30,31,34). The number of aromatic nitrogens is 2. The first-order valence-electron chi connectivity index (χ1n) is 11.1. The van der Waals surface area contributed by atoms with Crippen LogP contribution >= 0.6 is 0 Å². The number of nitrogens with zero attached hydrogens (tertiary/aromatic N) is 2. The van der Waals surface area contributed by atoms with E-state index in [1.54, 1.807) is 37.6 Å². The Morgan fingerprint density at radius 1 is 0.886 bits per heavy atom. The molecule has 35 heavy (non-hydrogen) atoms. The number of urea groups is 1. The highest BCUT2D eigenvalue weighted by molar-refractivity contribution is 5.97. The van der Waals surface area contributed by atoms with Crippen LogP contribution in [0.25, 0.3) is 0 Å². The number of methoxy groups -OCH3 is 1. The number of anilines is 1. The van der Waals surface area contributed by atoms with Gasteiger partial charge < -0.3 is 25.3 Å². The summed E-state index contributed by atoms with van der Waals surface area (Å²) in [5.74, 6) is 0.944. The van der Waals surface area contributed by atoms with Crippen LogP contribution in [0.4, 0.5) is 10.5 Å². The molecule has 8 heteroatoms. The average molecular weight is 470 g/mol. The van der Waals surface area contributed by atoms with Crippen molar-refractivity contribution < 1.29 is 14.3 Å². The number of benzene rings is 3. The first-order chi connectivity index (χ1) is 17.0. The average Bonchev–Trinajstić information content (AvgIpc) is 3.32. The molecule has 0 aliphatic rings. The molecule has 1 heterocycles. The summed E-state index contributed by atoms with van der Waals surface area (Å²) in [7, 11) is 3.44. The van der Waals surface area contributed by atoms with Crippen molar-refractivity contribution >= 4 is 17.6 Å². The molecule has 0 saturated heterocycles. The van der Waals surface area contributed by atoms with Crippen molar-refractivity contribution in [2.45, 2.75) is 12.1 Å². The number of aryl methyl sites for hydroxylation is 1. The number of amides is 3. The lowest BCUT2D eigenvalue weighted by Crippen LogP contribution is -2.44. The Morgan fingerprint density at radius 3 is 2.23 bits per heavy atom. The Hall–Kier alpha value is -4.59. The molecule has 8 nitrogen and oxygen atoms in total. The molecule has 4 aromatic rings. The number of carbonyl (C=O) groups excluding carboxylic acids is 2. The highest BCUT2D eigenvalue weighted by Gasteiger charge is 2.26. The van der Waals surface area contributed by atoms with E-state index in [0.717, 1.165) is 5.56 Å². The molecule has 4 rings (SSSR count). The number of carbonyl (C=O) groups is 2. The smallest absolute Gasteiger partial charge is 0.316 e. The summed E-state index contributed by atoms with van der Waals surface area (Å²) in [5.41, 5.74) is 2.09. The number of ether oxygens (including phenoxy) is 1. The summed E-state index contributed by atoms with van der Waals surface area (Å²) in [5, 5.41) is 8.68. The molecule has 3 amide bonds. The molecule has 0 spiro atoms. The van der Waals surface area contributed by atoms with Crippen LogP contribution in [0.15, 0.2) is 97.3 Å². The molecule has 0 aliphatic heterocycles. The predicted octanol–water partition coefficient (Wildman–Crippen LogP) is 4.20. The highest BCUT2D eigenvalue weighted by atomic mass is 16.5. The lowest BCUT2D eigenvalue weighted by Gasteiger charge is -2.23. The van der Waals surface area contributed by atoms with Crippen LogP contribution in [-0.4, -0.2) is 28.6 Å². The summed E-state index contributed by atoms with van der Waals surface area (Å²) in [6.45, 7) is 0. The minimum atomic E-state index is -0.913. The van der Waals surface area contributed by atoms with E-state index in [-0.39, 0.29) is 5.91 Å². The summed E-state index contributed by atoms with van der Waals surface area (Å²) in [4.78, 5) is 30.9. The maximum Gasteiger partial charge on any atom is 0.316 e. The molecule has 0 radical (unpaired) electrons. The molecular weight excluding hydrogens is 442 g/mol. The fraction of sp³-hybridized carbons (Fsp3) is 0.148. The minimum absolute atomic E-state index is 0.354. The van der Waals surface area contributed by atoms with E-state index in [1.807, 2.05) is 78.5 Å². The van der Waals surface area contributed by atoms with Crippen LogP contribution in [-0.2, 0) is 11.8 Å². The van der Waals surface area contributed by atoms with Crippen LogP contribution in [0, 0.1) is 0 Å². The zero-order valence-corrected chi connectivity index (χ0v) is 19.5. The van der Waals surface area contributed by atoms with Gasteiger partial charge in [0.05, 0.1) is 7.11 Å². The van der Waals surface area contributed by atoms with Crippen LogP contribution in [0.2, 0.25) is 0 Å². The summed E-state index contributed by atoms with van der Waals surface area (Å²) < 4.78 is 7.19. The second-order valence-corrected chi connectivity index (χ2v) is 7.92. The number of hydrogen-bond acceptors (Lipinski definition) is 4. The SMILES string of the molecule is COc1cccc(C(NC(=O)NC(C(=O)Nc2ccccc2)c2ccccc2)c2nccn2C)c1. The zero-order chi connectivity index (χ0) is 24.6. The lowest BCUT2D eigenvalue weighted by atomic mass is 10.0. The Kier molecular flexibility index (Phi) is 7.42. The molecule has 3 N–H and O–H groups in total. The number of para-hydroxylation sites is 1. The maximum atomic E-state index is 13.3. The third kappa shape index (κ3) is 5.86. The molecular formula is C27H27N5O3. The predicted molar refractivity (Wildman–Crippen MR) is 134 cm³/mol. The van der Waals surface area contributed by atoms with Gasteiger partial charge in [-0.15, -0.1) is 0 Å². The van der Waals surface area contributed by atoms with Crippen molar-refractivity contribution in [3.05, 3.63) is 114 Å².